The summed E-state index contributed by atoms with van der Waals surface area (Å²) in [7, 11) is 0. The highest BCUT2D eigenvalue weighted by Crippen LogP contribution is 2.32. The second kappa shape index (κ2) is 10.1. The maximum atomic E-state index is 13.4. The number of hydrogen-bond acceptors (Lipinski definition) is 7. The van der Waals surface area contributed by atoms with Crippen LogP contribution in [0.1, 0.15) is 5.56 Å². The van der Waals surface area contributed by atoms with Gasteiger partial charge >= 0.3 is 0 Å². The highest BCUT2D eigenvalue weighted by molar-refractivity contribution is 6.36. The van der Waals surface area contributed by atoms with Gasteiger partial charge in [0.2, 0.25) is 0 Å². The standard InChI is InChI=1S/C22H29ClN4O4/c23-18-3-1-17(2-4-18)19-20(26-8-5-24(6-9-26)11-14-28)22(30)27(21(19)29)10-7-25-12-15-31-16-13-25/h1-4,28H,5-16H2. The molecule has 4 rings (SSSR count). The molecule has 0 unspecified atom stereocenters. The van der Waals surface area contributed by atoms with Crippen molar-refractivity contribution in [3.8, 4) is 0 Å². The fourth-order valence-corrected chi connectivity index (χ4v) is 4.47. The topological polar surface area (TPSA) is 76.6 Å². The van der Waals surface area contributed by atoms with Gasteiger partial charge < -0.3 is 14.7 Å². The number of hydrogen-bond donors (Lipinski definition) is 1. The summed E-state index contributed by atoms with van der Waals surface area (Å²) in [5, 5.41) is 9.78. The molecule has 9 heteroatoms. The highest BCUT2D eigenvalue weighted by Gasteiger charge is 2.42. The van der Waals surface area contributed by atoms with Gasteiger partial charge in [-0.3, -0.25) is 24.3 Å². The number of benzene rings is 1. The van der Waals surface area contributed by atoms with Gasteiger partial charge in [-0.15, -0.1) is 0 Å². The van der Waals surface area contributed by atoms with E-state index in [1.54, 1.807) is 24.3 Å². The Morgan fingerprint density at radius 1 is 0.839 bits per heavy atom. The Hall–Kier alpha value is -1.97. The van der Waals surface area contributed by atoms with E-state index in [9.17, 15) is 14.7 Å². The van der Waals surface area contributed by atoms with Gasteiger partial charge in [-0.25, -0.2) is 0 Å². The molecule has 31 heavy (non-hydrogen) atoms. The third-order valence-electron chi connectivity index (χ3n) is 6.12. The van der Waals surface area contributed by atoms with Crippen molar-refractivity contribution in [2.75, 3.05) is 78.7 Å². The highest BCUT2D eigenvalue weighted by atomic mass is 35.5. The molecule has 168 valence electrons. The van der Waals surface area contributed by atoms with Crippen molar-refractivity contribution < 1.29 is 19.4 Å². The summed E-state index contributed by atoms with van der Waals surface area (Å²) in [4.78, 5) is 34.6. The first kappa shape index (κ1) is 22.2. The molecule has 2 amide bonds. The van der Waals surface area contributed by atoms with Crippen LogP contribution in [0, 0.1) is 0 Å². The zero-order valence-electron chi connectivity index (χ0n) is 17.6. The molecular weight excluding hydrogens is 420 g/mol. The second-order valence-electron chi connectivity index (χ2n) is 8.00. The molecule has 0 aliphatic carbocycles. The number of carbonyl (C=O) groups excluding carboxylic acids is 2. The minimum atomic E-state index is -0.242. The van der Waals surface area contributed by atoms with Crippen molar-refractivity contribution in [1.29, 1.82) is 0 Å². The number of aliphatic hydroxyl groups is 1. The lowest BCUT2D eigenvalue weighted by molar-refractivity contribution is -0.138. The molecule has 1 N–H and O–H groups in total. The Kier molecular flexibility index (Phi) is 7.24. The Bertz CT molecular complexity index is 830. The molecule has 3 aliphatic heterocycles. The van der Waals surface area contributed by atoms with Gasteiger partial charge in [0, 0.05) is 63.9 Å². The van der Waals surface area contributed by atoms with E-state index >= 15 is 0 Å². The van der Waals surface area contributed by atoms with E-state index in [4.69, 9.17) is 16.3 Å². The Morgan fingerprint density at radius 3 is 2.13 bits per heavy atom. The Balaban J connectivity index is 1.56. The number of carbonyl (C=O) groups is 2. The molecule has 0 atom stereocenters. The van der Waals surface area contributed by atoms with Gasteiger partial charge in [-0.2, -0.15) is 0 Å². The number of morpholine rings is 1. The smallest absolute Gasteiger partial charge is 0.277 e. The van der Waals surface area contributed by atoms with Gasteiger partial charge in [-0.05, 0) is 17.7 Å². The van der Waals surface area contributed by atoms with Crippen molar-refractivity contribution in [2.24, 2.45) is 0 Å². The second-order valence-corrected chi connectivity index (χ2v) is 8.44. The first-order valence-corrected chi connectivity index (χ1v) is 11.2. The molecule has 2 saturated heterocycles. The molecule has 3 heterocycles. The van der Waals surface area contributed by atoms with Crippen LogP contribution in [0.5, 0.6) is 0 Å². The molecule has 8 nitrogen and oxygen atoms in total. The molecule has 0 spiro atoms. The number of β-amino-alcohol motifs (C(OH)–C–C–N with tert-alkyl or cyclic N) is 1. The number of piperazine rings is 1. The van der Waals surface area contributed by atoms with Gasteiger partial charge in [-0.1, -0.05) is 23.7 Å². The van der Waals surface area contributed by atoms with Crippen LogP contribution in [0.2, 0.25) is 5.02 Å². The summed E-state index contributed by atoms with van der Waals surface area (Å²) in [6.07, 6.45) is 0. The van der Waals surface area contributed by atoms with Gasteiger partial charge in [0.25, 0.3) is 11.8 Å². The van der Waals surface area contributed by atoms with Crippen LogP contribution in [0.3, 0.4) is 0 Å². The van der Waals surface area contributed by atoms with Gasteiger partial charge in [0.05, 0.1) is 25.4 Å². The summed E-state index contributed by atoms with van der Waals surface area (Å²) in [5.41, 5.74) is 1.65. The number of aliphatic hydroxyl groups excluding tert-OH is 1. The van der Waals surface area contributed by atoms with E-state index in [0.717, 1.165) is 26.2 Å². The van der Waals surface area contributed by atoms with E-state index in [1.165, 1.54) is 4.90 Å². The van der Waals surface area contributed by atoms with Crippen LogP contribution in [-0.4, -0.2) is 115 Å². The lowest BCUT2D eigenvalue weighted by Crippen LogP contribution is -2.48. The van der Waals surface area contributed by atoms with E-state index in [1.807, 2.05) is 4.90 Å². The SMILES string of the molecule is O=C1C(c2ccc(Cl)cc2)=C(N2CCN(CCO)CC2)C(=O)N1CCN1CCOCC1. The number of nitrogens with zero attached hydrogens (tertiary/aromatic N) is 4. The van der Waals surface area contributed by atoms with Crippen LogP contribution in [0.4, 0.5) is 0 Å². The lowest BCUT2D eigenvalue weighted by Gasteiger charge is -2.36. The van der Waals surface area contributed by atoms with Crippen molar-refractivity contribution in [3.63, 3.8) is 0 Å². The predicted octanol–water partition coefficient (Wildman–Crippen LogP) is 0.362. The van der Waals surface area contributed by atoms with E-state index in [0.29, 0.717) is 67.8 Å². The first-order valence-electron chi connectivity index (χ1n) is 10.8. The molecular formula is C22H29ClN4O4. The summed E-state index contributed by atoms with van der Waals surface area (Å²) in [5.74, 6) is -0.466. The van der Waals surface area contributed by atoms with Crippen LogP contribution in [0.25, 0.3) is 5.57 Å². The minimum Gasteiger partial charge on any atom is -0.395 e. The summed E-state index contributed by atoms with van der Waals surface area (Å²) < 4.78 is 5.39. The zero-order chi connectivity index (χ0) is 21.8. The average molecular weight is 449 g/mol. The fraction of sp³-hybridized carbons (Fsp3) is 0.545. The molecule has 1 aromatic rings. The molecule has 0 aromatic heterocycles. The molecule has 0 bridgehead atoms. The maximum absolute atomic E-state index is 13.4. The molecule has 0 saturated carbocycles. The molecule has 1 aromatic carbocycles. The van der Waals surface area contributed by atoms with Crippen molar-refractivity contribution in [1.82, 2.24) is 19.6 Å². The van der Waals surface area contributed by atoms with E-state index in [2.05, 4.69) is 9.80 Å². The maximum Gasteiger partial charge on any atom is 0.277 e. The fourth-order valence-electron chi connectivity index (χ4n) is 4.34. The third-order valence-corrected chi connectivity index (χ3v) is 6.38. The first-order chi connectivity index (χ1) is 15.1. The molecule has 0 radical (unpaired) electrons. The third kappa shape index (κ3) is 4.94. The number of amides is 2. The number of rotatable bonds is 7. The largest absolute Gasteiger partial charge is 0.395 e. The van der Waals surface area contributed by atoms with E-state index < -0.39 is 0 Å². The zero-order valence-corrected chi connectivity index (χ0v) is 18.4. The summed E-state index contributed by atoms with van der Waals surface area (Å²) >= 11 is 6.05. The summed E-state index contributed by atoms with van der Waals surface area (Å²) in [6.45, 7) is 7.50. The number of ether oxygens (including phenoxy) is 1. The lowest BCUT2D eigenvalue weighted by atomic mass is 10.0. The number of halogens is 1. The van der Waals surface area contributed by atoms with Crippen LogP contribution in [-0.2, 0) is 14.3 Å². The number of imide groups is 1. The Morgan fingerprint density at radius 2 is 1.48 bits per heavy atom. The Labute approximate surface area is 187 Å². The van der Waals surface area contributed by atoms with Crippen LogP contribution in [0.15, 0.2) is 30.0 Å². The summed E-state index contributed by atoms with van der Waals surface area (Å²) in [6, 6.07) is 7.09. The van der Waals surface area contributed by atoms with E-state index in [-0.39, 0.29) is 18.4 Å². The van der Waals surface area contributed by atoms with Gasteiger partial charge in [0.1, 0.15) is 5.70 Å². The van der Waals surface area contributed by atoms with Crippen molar-refractivity contribution >= 4 is 29.0 Å². The average Bonchev–Trinajstić information content (AvgIpc) is 3.04. The van der Waals surface area contributed by atoms with Crippen molar-refractivity contribution in [3.05, 3.63) is 40.5 Å². The van der Waals surface area contributed by atoms with Crippen molar-refractivity contribution in [2.45, 2.75) is 0 Å². The molecule has 2 fully saturated rings. The van der Waals surface area contributed by atoms with Crippen LogP contribution >= 0.6 is 11.6 Å². The minimum absolute atomic E-state index is 0.117. The normalized spacial score (nSPS) is 21.5. The monoisotopic (exact) mass is 448 g/mol. The molecule has 3 aliphatic rings. The predicted molar refractivity (Wildman–Crippen MR) is 117 cm³/mol. The van der Waals surface area contributed by atoms with Crippen LogP contribution < -0.4 is 0 Å². The van der Waals surface area contributed by atoms with Gasteiger partial charge in [0.15, 0.2) is 0 Å². The quantitative estimate of drug-likeness (QED) is 0.603.